The zero-order chi connectivity index (χ0) is 14.2. The quantitative estimate of drug-likeness (QED) is 0.812. The maximum Gasteiger partial charge on any atom is 0.305 e. The van der Waals surface area contributed by atoms with E-state index in [1.54, 1.807) is 0 Å². The van der Waals surface area contributed by atoms with Crippen molar-refractivity contribution >= 4 is 5.97 Å². The maximum absolute atomic E-state index is 11.7. The highest BCUT2D eigenvalue weighted by molar-refractivity contribution is 5.69. The lowest BCUT2D eigenvalue weighted by Gasteiger charge is -2.27. The molecule has 1 saturated carbocycles. The zero-order valence-corrected chi connectivity index (χ0v) is 12.0. The molecule has 1 N–H and O–H groups in total. The molecule has 2 rings (SSSR count). The molecule has 0 amide bonds. The summed E-state index contributed by atoms with van der Waals surface area (Å²) >= 11 is 0. The van der Waals surface area contributed by atoms with Crippen LogP contribution in [0.3, 0.4) is 0 Å². The summed E-state index contributed by atoms with van der Waals surface area (Å²) in [6.07, 6.45) is 5.93. The molecule has 1 aliphatic rings. The predicted molar refractivity (Wildman–Crippen MR) is 78.3 cm³/mol. The Bertz CT molecular complexity index is 402. The summed E-state index contributed by atoms with van der Waals surface area (Å²) in [5, 5.41) is 9.85. The Balaban J connectivity index is 1.60. The standard InChI is InChI=1S/C17H24O3/c18-16-9-5-4-8-15(16)10-11-17(19)20-13-12-14-6-2-1-3-7-14/h1-3,6-7,15-16,18H,4-5,8-13H2. The Hall–Kier alpha value is -1.35. The summed E-state index contributed by atoms with van der Waals surface area (Å²) in [6, 6.07) is 10.0. The van der Waals surface area contributed by atoms with Crippen molar-refractivity contribution in [1.29, 1.82) is 0 Å². The van der Waals surface area contributed by atoms with E-state index in [9.17, 15) is 9.90 Å². The molecular weight excluding hydrogens is 252 g/mol. The summed E-state index contributed by atoms with van der Waals surface area (Å²) in [4.78, 5) is 11.7. The molecule has 0 radical (unpaired) electrons. The number of rotatable bonds is 6. The van der Waals surface area contributed by atoms with Crippen LogP contribution in [0.15, 0.2) is 30.3 Å². The van der Waals surface area contributed by atoms with Gasteiger partial charge in [-0.15, -0.1) is 0 Å². The fourth-order valence-electron chi connectivity index (χ4n) is 2.83. The zero-order valence-electron chi connectivity index (χ0n) is 12.0. The molecule has 3 heteroatoms. The minimum Gasteiger partial charge on any atom is -0.465 e. The number of hydrogen-bond acceptors (Lipinski definition) is 3. The number of hydrogen-bond donors (Lipinski definition) is 1. The van der Waals surface area contributed by atoms with Crippen LogP contribution in [0.1, 0.15) is 44.1 Å². The average molecular weight is 276 g/mol. The first-order chi connectivity index (χ1) is 9.75. The van der Waals surface area contributed by atoms with Gasteiger partial charge in [-0.25, -0.2) is 0 Å². The molecule has 1 aromatic carbocycles. The van der Waals surface area contributed by atoms with Crippen LogP contribution in [-0.2, 0) is 16.0 Å². The molecule has 0 heterocycles. The molecule has 1 aromatic rings. The second-order valence-electron chi connectivity index (χ2n) is 5.61. The fraction of sp³-hybridized carbons (Fsp3) is 0.588. The van der Waals surface area contributed by atoms with Gasteiger partial charge in [0.25, 0.3) is 0 Å². The number of ether oxygens (including phenoxy) is 1. The largest absolute Gasteiger partial charge is 0.465 e. The molecule has 3 nitrogen and oxygen atoms in total. The lowest BCUT2D eigenvalue weighted by Crippen LogP contribution is -2.25. The third kappa shape index (κ3) is 4.97. The maximum atomic E-state index is 11.7. The van der Waals surface area contributed by atoms with Crippen molar-refractivity contribution in [3.05, 3.63) is 35.9 Å². The van der Waals surface area contributed by atoms with Crippen molar-refractivity contribution in [2.75, 3.05) is 6.61 Å². The van der Waals surface area contributed by atoms with Gasteiger partial charge in [-0.05, 0) is 30.7 Å². The van der Waals surface area contributed by atoms with Gasteiger partial charge in [-0.1, -0.05) is 43.2 Å². The van der Waals surface area contributed by atoms with E-state index in [0.717, 1.165) is 32.1 Å². The second-order valence-corrected chi connectivity index (χ2v) is 5.61. The van der Waals surface area contributed by atoms with Crippen molar-refractivity contribution in [3.8, 4) is 0 Å². The Morgan fingerprint density at radius 2 is 1.95 bits per heavy atom. The SMILES string of the molecule is O=C(CCC1CCCCC1O)OCCc1ccccc1. The van der Waals surface area contributed by atoms with Crippen LogP contribution < -0.4 is 0 Å². The fourth-order valence-corrected chi connectivity index (χ4v) is 2.83. The topological polar surface area (TPSA) is 46.5 Å². The summed E-state index contributed by atoms with van der Waals surface area (Å²) in [7, 11) is 0. The van der Waals surface area contributed by atoms with E-state index in [-0.39, 0.29) is 18.0 Å². The minimum atomic E-state index is -0.221. The first-order valence-electron chi connectivity index (χ1n) is 7.63. The van der Waals surface area contributed by atoms with Crippen LogP contribution in [-0.4, -0.2) is 23.8 Å². The number of aliphatic hydroxyl groups is 1. The number of benzene rings is 1. The second kappa shape index (κ2) is 8.05. The van der Waals surface area contributed by atoms with Gasteiger partial charge in [0.05, 0.1) is 12.7 Å². The average Bonchev–Trinajstić information content (AvgIpc) is 2.47. The van der Waals surface area contributed by atoms with Crippen LogP contribution in [0.2, 0.25) is 0 Å². The van der Waals surface area contributed by atoms with Crippen LogP contribution in [0.25, 0.3) is 0 Å². The molecular formula is C17H24O3. The normalized spacial score (nSPS) is 22.4. The molecule has 0 aromatic heterocycles. The summed E-state index contributed by atoms with van der Waals surface area (Å²) in [6.45, 7) is 0.441. The van der Waals surface area contributed by atoms with Gasteiger partial charge in [0.15, 0.2) is 0 Å². The Morgan fingerprint density at radius 1 is 1.20 bits per heavy atom. The van der Waals surface area contributed by atoms with Gasteiger partial charge >= 0.3 is 5.97 Å². The van der Waals surface area contributed by atoms with E-state index >= 15 is 0 Å². The molecule has 20 heavy (non-hydrogen) atoms. The van der Waals surface area contributed by atoms with Gasteiger partial charge in [0.2, 0.25) is 0 Å². The van der Waals surface area contributed by atoms with Crippen LogP contribution in [0, 0.1) is 5.92 Å². The molecule has 0 spiro atoms. The van der Waals surface area contributed by atoms with Crippen molar-refractivity contribution in [3.63, 3.8) is 0 Å². The number of esters is 1. The molecule has 2 atom stereocenters. The minimum absolute atomic E-state index is 0.140. The smallest absolute Gasteiger partial charge is 0.305 e. The Morgan fingerprint density at radius 3 is 2.70 bits per heavy atom. The summed E-state index contributed by atoms with van der Waals surface area (Å²) in [5.74, 6) is 0.143. The van der Waals surface area contributed by atoms with Gasteiger partial charge in [0, 0.05) is 12.8 Å². The van der Waals surface area contributed by atoms with Crippen LogP contribution in [0.4, 0.5) is 0 Å². The van der Waals surface area contributed by atoms with Crippen molar-refractivity contribution in [1.82, 2.24) is 0 Å². The highest BCUT2D eigenvalue weighted by Gasteiger charge is 2.23. The number of carbonyl (C=O) groups excluding carboxylic acids is 1. The van der Waals surface area contributed by atoms with Gasteiger partial charge in [-0.2, -0.15) is 0 Å². The van der Waals surface area contributed by atoms with E-state index < -0.39 is 0 Å². The predicted octanol–water partition coefficient (Wildman–Crippen LogP) is 3.10. The van der Waals surface area contributed by atoms with E-state index in [1.165, 1.54) is 12.0 Å². The van der Waals surface area contributed by atoms with Crippen LogP contribution in [0.5, 0.6) is 0 Å². The van der Waals surface area contributed by atoms with Crippen molar-refractivity contribution in [2.24, 2.45) is 5.92 Å². The van der Waals surface area contributed by atoms with E-state index in [4.69, 9.17) is 4.74 Å². The highest BCUT2D eigenvalue weighted by atomic mass is 16.5. The monoisotopic (exact) mass is 276 g/mol. The molecule has 0 aliphatic heterocycles. The first kappa shape index (κ1) is 15.0. The third-order valence-corrected chi connectivity index (χ3v) is 4.08. The van der Waals surface area contributed by atoms with Crippen molar-refractivity contribution in [2.45, 2.75) is 51.0 Å². The lowest BCUT2D eigenvalue weighted by molar-refractivity contribution is -0.144. The molecule has 0 bridgehead atoms. The molecule has 110 valence electrons. The van der Waals surface area contributed by atoms with Gasteiger partial charge in [-0.3, -0.25) is 4.79 Å². The van der Waals surface area contributed by atoms with E-state index in [2.05, 4.69) is 0 Å². The lowest BCUT2D eigenvalue weighted by atomic mass is 9.84. The Kier molecular flexibility index (Phi) is 6.06. The first-order valence-corrected chi connectivity index (χ1v) is 7.63. The van der Waals surface area contributed by atoms with Gasteiger partial charge in [0.1, 0.15) is 0 Å². The molecule has 0 saturated heterocycles. The summed E-state index contributed by atoms with van der Waals surface area (Å²) < 4.78 is 5.25. The molecule has 1 fully saturated rings. The number of aliphatic hydroxyl groups excluding tert-OH is 1. The molecule has 1 aliphatic carbocycles. The van der Waals surface area contributed by atoms with Gasteiger partial charge < -0.3 is 9.84 Å². The number of carbonyl (C=O) groups is 1. The highest BCUT2D eigenvalue weighted by Crippen LogP contribution is 2.27. The van der Waals surface area contributed by atoms with Crippen LogP contribution >= 0.6 is 0 Å². The van der Waals surface area contributed by atoms with E-state index in [1.807, 2.05) is 30.3 Å². The molecule has 2 unspecified atom stereocenters. The summed E-state index contributed by atoms with van der Waals surface area (Å²) in [5.41, 5.74) is 1.18. The Labute approximate surface area is 121 Å². The van der Waals surface area contributed by atoms with E-state index in [0.29, 0.717) is 13.0 Å². The van der Waals surface area contributed by atoms with Crippen molar-refractivity contribution < 1.29 is 14.6 Å². The third-order valence-electron chi connectivity index (χ3n) is 4.08.